The van der Waals surface area contributed by atoms with Gasteiger partial charge >= 0.3 is 0 Å². The normalized spacial score (nSPS) is 12.9. The summed E-state index contributed by atoms with van der Waals surface area (Å²) in [7, 11) is 0. The summed E-state index contributed by atoms with van der Waals surface area (Å²) in [4.78, 5) is 7.77. The van der Waals surface area contributed by atoms with Crippen LogP contribution in [-0.4, -0.2) is 34.6 Å². The monoisotopic (exact) mass is 432 g/mol. The summed E-state index contributed by atoms with van der Waals surface area (Å²) in [5.74, 6) is -1.49. The van der Waals surface area contributed by atoms with Gasteiger partial charge in [-0.25, -0.2) is 28.1 Å². The molecule has 0 spiro atoms. The van der Waals surface area contributed by atoms with Crippen molar-refractivity contribution < 1.29 is 13.9 Å². The van der Waals surface area contributed by atoms with Gasteiger partial charge in [-0.15, -0.1) is 0 Å². The zero-order chi connectivity index (χ0) is 22.3. The lowest BCUT2D eigenvalue weighted by Crippen LogP contribution is -2.38. The number of aliphatic hydroxyl groups is 1. The van der Waals surface area contributed by atoms with Crippen LogP contribution in [0.1, 0.15) is 69.4 Å². The van der Waals surface area contributed by atoms with E-state index in [1.165, 1.54) is 53.6 Å². The Bertz CT molecular complexity index is 894. The SMILES string of the molecule is CCCCCCCC(C)c1cc(C(O)(Cn2cncn2)Cn2cncn2)c(F)cc1F. The van der Waals surface area contributed by atoms with Crippen LogP contribution in [0.2, 0.25) is 0 Å². The molecule has 0 aliphatic carbocycles. The maximum absolute atomic E-state index is 14.9. The molecular formula is C22H30F2N6O. The standard InChI is InChI=1S/C22H30F2N6O/c1-3-4-5-6-7-8-17(2)18-9-19(21(24)10-20(18)23)22(31,11-29-15-25-13-27-29)12-30-16-26-14-28-30/h9-10,13-17,31H,3-8,11-12H2,1-2H3. The lowest BCUT2D eigenvalue weighted by atomic mass is 9.87. The number of hydrogen-bond donors (Lipinski definition) is 1. The molecule has 7 nitrogen and oxygen atoms in total. The molecule has 1 atom stereocenters. The highest BCUT2D eigenvalue weighted by atomic mass is 19.1. The average Bonchev–Trinajstić information content (AvgIpc) is 3.41. The predicted octanol–water partition coefficient (Wildman–Crippen LogP) is 4.20. The summed E-state index contributed by atoms with van der Waals surface area (Å²) in [6.45, 7) is 3.96. The third kappa shape index (κ3) is 5.94. The minimum atomic E-state index is -1.73. The summed E-state index contributed by atoms with van der Waals surface area (Å²) < 4.78 is 32.5. The number of benzene rings is 1. The fourth-order valence-corrected chi connectivity index (χ4v) is 3.89. The van der Waals surface area contributed by atoms with Crippen LogP contribution in [0.5, 0.6) is 0 Å². The van der Waals surface area contributed by atoms with Gasteiger partial charge in [0.1, 0.15) is 42.5 Å². The number of aromatic nitrogens is 6. The van der Waals surface area contributed by atoms with E-state index >= 15 is 0 Å². The van der Waals surface area contributed by atoms with E-state index in [-0.39, 0.29) is 24.6 Å². The molecule has 0 aliphatic heterocycles. The van der Waals surface area contributed by atoms with Crippen LogP contribution in [0, 0.1) is 11.6 Å². The molecule has 2 heterocycles. The first kappa shape index (κ1) is 23.0. The summed E-state index contributed by atoms with van der Waals surface area (Å²) in [5, 5.41) is 19.6. The van der Waals surface area contributed by atoms with Crippen LogP contribution in [0.25, 0.3) is 0 Å². The van der Waals surface area contributed by atoms with Crippen molar-refractivity contribution in [3.05, 3.63) is 60.2 Å². The minimum Gasteiger partial charge on any atom is -0.381 e. The first-order valence-electron chi connectivity index (χ1n) is 10.8. The highest BCUT2D eigenvalue weighted by molar-refractivity contribution is 5.33. The van der Waals surface area contributed by atoms with Crippen molar-refractivity contribution in [2.75, 3.05) is 0 Å². The van der Waals surface area contributed by atoms with Crippen molar-refractivity contribution in [2.45, 2.75) is 77.0 Å². The van der Waals surface area contributed by atoms with Crippen molar-refractivity contribution in [2.24, 2.45) is 0 Å². The van der Waals surface area contributed by atoms with E-state index in [4.69, 9.17) is 0 Å². The first-order chi connectivity index (χ1) is 14.9. The number of halogens is 2. The molecule has 9 heteroatoms. The Labute approximate surface area is 181 Å². The fraction of sp³-hybridized carbons (Fsp3) is 0.545. The van der Waals surface area contributed by atoms with Gasteiger partial charge in [-0.05, 0) is 24.0 Å². The van der Waals surface area contributed by atoms with Crippen LogP contribution in [0.4, 0.5) is 8.78 Å². The molecule has 1 N–H and O–H groups in total. The smallest absolute Gasteiger partial charge is 0.137 e. The molecule has 31 heavy (non-hydrogen) atoms. The maximum atomic E-state index is 14.9. The second-order valence-corrected chi connectivity index (χ2v) is 8.18. The molecular weight excluding hydrogens is 402 g/mol. The zero-order valence-corrected chi connectivity index (χ0v) is 18.1. The second kappa shape index (κ2) is 10.6. The van der Waals surface area contributed by atoms with Crippen molar-refractivity contribution >= 4 is 0 Å². The highest BCUT2D eigenvalue weighted by Gasteiger charge is 2.35. The molecule has 1 unspecified atom stereocenters. The molecule has 0 bridgehead atoms. The maximum Gasteiger partial charge on any atom is 0.137 e. The Balaban J connectivity index is 1.88. The van der Waals surface area contributed by atoms with E-state index in [0.29, 0.717) is 5.56 Å². The Kier molecular flexibility index (Phi) is 7.84. The molecule has 1 aromatic carbocycles. The molecule has 0 radical (unpaired) electrons. The summed E-state index contributed by atoms with van der Waals surface area (Å²) >= 11 is 0. The van der Waals surface area contributed by atoms with Crippen molar-refractivity contribution in [3.63, 3.8) is 0 Å². The molecule has 0 saturated heterocycles. The molecule has 0 fully saturated rings. The second-order valence-electron chi connectivity index (χ2n) is 8.18. The average molecular weight is 433 g/mol. The number of rotatable bonds is 12. The fourth-order valence-electron chi connectivity index (χ4n) is 3.89. The van der Waals surface area contributed by atoms with Gasteiger partial charge in [0, 0.05) is 11.6 Å². The lowest BCUT2D eigenvalue weighted by Gasteiger charge is -2.29. The Morgan fingerprint density at radius 2 is 1.55 bits per heavy atom. The van der Waals surface area contributed by atoms with Crippen LogP contribution in [0.15, 0.2) is 37.4 Å². The van der Waals surface area contributed by atoms with Crippen molar-refractivity contribution in [3.8, 4) is 0 Å². The molecule has 0 aliphatic rings. The first-order valence-corrected chi connectivity index (χ1v) is 10.8. The summed E-state index contributed by atoms with van der Waals surface area (Å²) in [6.07, 6.45) is 12.0. The topological polar surface area (TPSA) is 81.6 Å². The van der Waals surface area contributed by atoms with E-state index in [2.05, 4.69) is 27.1 Å². The summed E-state index contributed by atoms with van der Waals surface area (Å²) in [5.41, 5.74) is -1.32. The lowest BCUT2D eigenvalue weighted by molar-refractivity contribution is -0.00866. The van der Waals surface area contributed by atoms with E-state index in [0.717, 1.165) is 31.7 Å². The predicted molar refractivity (Wildman–Crippen MR) is 112 cm³/mol. The Morgan fingerprint density at radius 1 is 0.935 bits per heavy atom. The zero-order valence-electron chi connectivity index (χ0n) is 18.1. The van der Waals surface area contributed by atoms with E-state index in [1.807, 2.05) is 6.92 Å². The van der Waals surface area contributed by atoms with Crippen LogP contribution < -0.4 is 0 Å². The molecule has 3 rings (SSSR count). The van der Waals surface area contributed by atoms with Crippen LogP contribution in [-0.2, 0) is 18.7 Å². The number of hydrogen-bond acceptors (Lipinski definition) is 5. The van der Waals surface area contributed by atoms with Gasteiger partial charge in [-0.2, -0.15) is 10.2 Å². The molecule has 0 saturated carbocycles. The minimum absolute atomic E-state index is 0.00716. The Morgan fingerprint density at radius 3 is 2.10 bits per heavy atom. The van der Waals surface area contributed by atoms with Crippen LogP contribution >= 0.6 is 0 Å². The third-order valence-electron chi connectivity index (χ3n) is 5.64. The summed E-state index contributed by atoms with van der Waals surface area (Å²) in [6, 6.07) is 2.32. The number of unbranched alkanes of at least 4 members (excludes halogenated alkanes) is 4. The molecule has 168 valence electrons. The molecule has 2 aromatic heterocycles. The van der Waals surface area contributed by atoms with Gasteiger partial charge in [0.2, 0.25) is 0 Å². The van der Waals surface area contributed by atoms with Gasteiger partial charge in [0.05, 0.1) is 13.1 Å². The van der Waals surface area contributed by atoms with Gasteiger partial charge in [0.25, 0.3) is 0 Å². The van der Waals surface area contributed by atoms with Crippen LogP contribution in [0.3, 0.4) is 0 Å². The van der Waals surface area contributed by atoms with Gasteiger partial charge < -0.3 is 5.11 Å². The van der Waals surface area contributed by atoms with Gasteiger partial charge in [-0.1, -0.05) is 46.0 Å². The third-order valence-corrected chi connectivity index (χ3v) is 5.64. The largest absolute Gasteiger partial charge is 0.381 e. The van der Waals surface area contributed by atoms with Gasteiger partial charge in [0.15, 0.2) is 0 Å². The molecule has 0 amide bonds. The van der Waals surface area contributed by atoms with E-state index in [9.17, 15) is 13.9 Å². The van der Waals surface area contributed by atoms with Gasteiger partial charge in [-0.3, -0.25) is 0 Å². The van der Waals surface area contributed by atoms with Crippen molar-refractivity contribution in [1.29, 1.82) is 0 Å². The van der Waals surface area contributed by atoms with E-state index in [1.54, 1.807) is 0 Å². The number of nitrogens with zero attached hydrogens (tertiary/aromatic N) is 6. The van der Waals surface area contributed by atoms with E-state index < -0.39 is 17.2 Å². The highest BCUT2D eigenvalue weighted by Crippen LogP contribution is 2.33. The van der Waals surface area contributed by atoms with Crippen molar-refractivity contribution in [1.82, 2.24) is 29.5 Å². The Hall–Kier alpha value is -2.68. The molecule has 3 aromatic rings. The quantitative estimate of drug-likeness (QED) is 0.434.